The van der Waals surface area contributed by atoms with Crippen LogP contribution in [0.15, 0.2) is 36.7 Å². The molecule has 44 heavy (non-hydrogen) atoms. The van der Waals surface area contributed by atoms with Crippen LogP contribution in [-0.4, -0.2) is 32.8 Å². The molecule has 10 atom stereocenters. The zero-order chi connectivity index (χ0) is 31.9. The number of nitrogens with zero attached hydrogens (tertiary/aromatic N) is 2. The maximum Gasteiger partial charge on any atom is 0.372 e. The first kappa shape index (κ1) is 32.1. The maximum atomic E-state index is 13.2. The Labute approximate surface area is 267 Å². The molecule has 0 bridgehead atoms. The van der Waals surface area contributed by atoms with Crippen LogP contribution in [0.4, 0.5) is 5.69 Å². The lowest BCUT2D eigenvalue weighted by molar-refractivity contribution is -0.686. The van der Waals surface area contributed by atoms with Gasteiger partial charge in [-0.1, -0.05) is 46.8 Å². The van der Waals surface area contributed by atoms with Crippen molar-refractivity contribution in [1.29, 1.82) is 0 Å². The Kier molecular flexibility index (Phi) is 7.91. The van der Waals surface area contributed by atoms with Crippen molar-refractivity contribution in [2.75, 3.05) is 25.6 Å². The fourth-order valence-electron chi connectivity index (χ4n) is 12.9. The molecule has 6 rings (SSSR count). The van der Waals surface area contributed by atoms with Crippen LogP contribution in [-0.2, 0) is 16.1 Å². The number of fused-ring (bicyclic) bond motifs is 7. The summed E-state index contributed by atoms with van der Waals surface area (Å²) in [4.78, 5) is 15.3. The molecule has 5 heteroatoms. The van der Waals surface area contributed by atoms with Crippen LogP contribution in [0.3, 0.4) is 0 Å². The van der Waals surface area contributed by atoms with Gasteiger partial charge in [0, 0.05) is 37.3 Å². The molecule has 0 radical (unpaired) electrons. The van der Waals surface area contributed by atoms with Gasteiger partial charge in [-0.15, -0.1) is 6.61 Å². The number of carbonyl (C=O) groups excluding carboxylic acids is 1. The number of hydrogen-bond donors (Lipinski definition) is 0. The Hall–Kier alpha value is -1.88. The van der Waals surface area contributed by atoms with Crippen molar-refractivity contribution in [2.24, 2.45) is 56.7 Å². The van der Waals surface area contributed by atoms with Crippen LogP contribution in [0.2, 0.25) is 0 Å². The van der Waals surface area contributed by atoms with E-state index in [0.29, 0.717) is 29.6 Å². The molecule has 0 N–H and O–H groups in total. The smallest absolute Gasteiger partial charge is 0.372 e. The van der Waals surface area contributed by atoms with Crippen molar-refractivity contribution in [3.05, 3.63) is 36.7 Å². The molecular formula is C39H60N2O3. The van der Waals surface area contributed by atoms with Gasteiger partial charge in [0.25, 0.3) is 0 Å². The summed E-state index contributed by atoms with van der Waals surface area (Å²) in [6.45, 7) is 19.7. The number of pyridine rings is 1. The highest BCUT2D eigenvalue weighted by Gasteiger charge is 2.70. The second kappa shape index (κ2) is 10.8. The minimum atomic E-state index is -0.129. The monoisotopic (exact) mass is 604 g/mol. The summed E-state index contributed by atoms with van der Waals surface area (Å²) in [7, 11) is 4.05. The van der Waals surface area contributed by atoms with E-state index >= 15 is 0 Å². The average molecular weight is 605 g/mol. The first-order chi connectivity index (χ1) is 20.6. The Balaban J connectivity index is 1.21. The van der Waals surface area contributed by atoms with E-state index in [2.05, 4.69) is 53.0 Å². The van der Waals surface area contributed by atoms with Gasteiger partial charge in [-0.3, -0.25) is 0 Å². The van der Waals surface area contributed by atoms with E-state index < -0.39 is 0 Å². The minimum absolute atomic E-state index is 0.00526. The number of ether oxygens (including phenoxy) is 1. The molecule has 1 aromatic rings. The summed E-state index contributed by atoms with van der Waals surface area (Å²) in [6, 6.07) is 4.08. The Morgan fingerprint density at radius 1 is 0.932 bits per heavy atom. The largest absolute Gasteiger partial charge is 0.854 e. The Morgan fingerprint density at radius 3 is 2.27 bits per heavy atom. The van der Waals surface area contributed by atoms with E-state index in [9.17, 15) is 9.90 Å². The summed E-state index contributed by atoms with van der Waals surface area (Å²) < 4.78 is 8.27. The second-order valence-corrected chi connectivity index (χ2v) is 17.7. The number of hydrogen-bond acceptors (Lipinski definition) is 4. The molecule has 5 fully saturated rings. The first-order valence-corrected chi connectivity index (χ1v) is 17.7. The lowest BCUT2D eigenvalue weighted by Gasteiger charge is -2.73. The van der Waals surface area contributed by atoms with Gasteiger partial charge in [0.1, 0.15) is 6.10 Å². The average Bonchev–Trinajstić information content (AvgIpc) is 3.36. The predicted octanol–water partition coefficient (Wildman–Crippen LogP) is 6.97. The summed E-state index contributed by atoms with van der Waals surface area (Å²) in [5.41, 5.74) is 3.13. The minimum Gasteiger partial charge on any atom is -0.854 e. The third-order valence-corrected chi connectivity index (χ3v) is 15.4. The van der Waals surface area contributed by atoms with Crippen molar-refractivity contribution < 1.29 is 19.2 Å². The highest BCUT2D eigenvalue weighted by molar-refractivity contribution is 5.68. The number of rotatable bonds is 6. The lowest BCUT2D eigenvalue weighted by Crippen LogP contribution is -2.67. The summed E-state index contributed by atoms with van der Waals surface area (Å²) in [5, 5.41) is 12.9. The van der Waals surface area contributed by atoms with Crippen LogP contribution in [0.5, 0.6) is 0 Å². The third-order valence-electron chi connectivity index (χ3n) is 15.4. The van der Waals surface area contributed by atoms with Crippen molar-refractivity contribution >= 4 is 11.7 Å². The molecule has 4 unspecified atom stereocenters. The van der Waals surface area contributed by atoms with Gasteiger partial charge in [0.05, 0.1) is 0 Å². The Morgan fingerprint density at radius 2 is 1.64 bits per heavy atom. The van der Waals surface area contributed by atoms with Crippen LogP contribution >= 0.6 is 0 Å². The molecule has 0 amide bonds. The quantitative estimate of drug-likeness (QED) is 0.200. The van der Waals surface area contributed by atoms with Crippen molar-refractivity contribution in [3.63, 3.8) is 0 Å². The fraction of sp³-hybridized carbons (Fsp3) is 0.795. The zero-order valence-corrected chi connectivity index (χ0v) is 29.1. The molecule has 5 nitrogen and oxygen atoms in total. The number of carbonyl (C=O) groups is 1. The van der Waals surface area contributed by atoms with Gasteiger partial charge in [-0.05, 0) is 122 Å². The highest BCUT2D eigenvalue weighted by Crippen LogP contribution is 2.77. The third kappa shape index (κ3) is 4.55. The van der Waals surface area contributed by atoms with Gasteiger partial charge < -0.3 is 14.7 Å². The molecule has 0 aliphatic heterocycles. The van der Waals surface area contributed by atoms with E-state index in [0.717, 1.165) is 31.4 Å². The van der Waals surface area contributed by atoms with Crippen LogP contribution in [0, 0.1) is 56.7 Å². The lowest BCUT2D eigenvalue weighted by atomic mass is 9.32. The molecule has 1 aromatic heterocycles. The van der Waals surface area contributed by atoms with Gasteiger partial charge >= 0.3 is 5.97 Å². The topological polar surface area (TPSA) is 56.5 Å². The number of esters is 1. The van der Waals surface area contributed by atoms with Gasteiger partial charge in [-0.25, -0.2) is 4.79 Å². The number of aromatic nitrogens is 1. The molecule has 5 aliphatic rings. The highest BCUT2D eigenvalue weighted by atomic mass is 16.5. The maximum absolute atomic E-state index is 13.2. The molecule has 5 saturated carbocycles. The molecule has 0 spiro atoms. The summed E-state index contributed by atoms with van der Waals surface area (Å²) in [5.74, 6) is 2.74. The summed E-state index contributed by atoms with van der Waals surface area (Å²) in [6.07, 6.45) is 15.6. The molecule has 0 saturated heterocycles. The van der Waals surface area contributed by atoms with Crippen molar-refractivity contribution in [1.82, 2.24) is 0 Å². The van der Waals surface area contributed by atoms with E-state index in [1.807, 2.05) is 43.2 Å². The van der Waals surface area contributed by atoms with E-state index in [1.165, 1.54) is 44.1 Å². The van der Waals surface area contributed by atoms with E-state index in [4.69, 9.17) is 4.74 Å². The van der Waals surface area contributed by atoms with Crippen molar-refractivity contribution in [3.8, 4) is 0 Å². The normalized spacial score (nSPS) is 44.0. The van der Waals surface area contributed by atoms with E-state index in [-0.39, 0.29) is 52.3 Å². The van der Waals surface area contributed by atoms with Crippen LogP contribution in [0.1, 0.15) is 106 Å². The fourth-order valence-corrected chi connectivity index (χ4v) is 12.9. The Bertz CT molecular complexity index is 1270. The molecular weight excluding hydrogens is 544 g/mol. The molecule has 0 aromatic carbocycles. The SMILES string of the molecule is C=C(C)[C@@H]1CC[C@]2(C[O-])CC[C@]3(C)C(CCC4[C@@]5(C)CC[C@H](OC(=O)C[n+]6ccc(N(C)C)cc6)C(C)(C)C5CC[C@]43C)C12. The first-order valence-electron chi connectivity index (χ1n) is 17.7. The zero-order valence-electron chi connectivity index (χ0n) is 29.1. The van der Waals surface area contributed by atoms with E-state index in [1.54, 1.807) is 0 Å². The number of anilines is 1. The second-order valence-electron chi connectivity index (χ2n) is 17.7. The van der Waals surface area contributed by atoms with Gasteiger partial charge in [0.15, 0.2) is 12.4 Å². The molecule has 5 aliphatic carbocycles. The van der Waals surface area contributed by atoms with Crippen LogP contribution < -0.4 is 14.6 Å². The number of allylic oxidation sites excluding steroid dienone is 1. The molecule has 244 valence electrons. The molecule has 1 heterocycles. The summed E-state index contributed by atoms with van der Waals surface area (Å²) >= 11 is 0. The predicted molar refractivity (Wildman–Crippen MR) is 175 cm³/mol. The van der Waals surface area contributed by atoms with Gasteiger partial charge in [-0.2, -0.15) is 4.57 Å². The van der Waals surface area contributed by atoms with Gasteiger partial charge in [0.2, 0.25) is 6.54 Å². The van der Waals surface area contributed by atoms with Crippen LogP contribution in [0.25, 0.3) is 0 Å². The standard InChI is InChI=1S/C39H60N2O3/c1-26(2)28-12-19-39(25-42)21-20-37(6)29(34(28)39)10-11-31-36(5)17-14-32(35(3,4)30(36)13-18-38(31,37)7)44-33(43)24-41-22-15-27(16-23-41)40(8)9/h15-16,22-23,28-32,34H,1,10-14,17-21,24-25H2,2-9H3/t28-,29?,30?,31?,32-,34?,36-,37+,38+,39+/m0/s1. The van der Waals surface area contributed by atoms with Crippen molar-refractivity contribution in [2.45, 2.75) is 118 Å².